The minimum Gasteiger partial charge on any atom is -0.379 e. The van der Waals surface area contributed by atoms with E-state index in [1.54, 1.807) is 13.2 Å². The molecule has 0 saturated heterocycles. The van der Waals surface area contributed by atoms with Gasteiger partial charge < -0.3 is 10.6 Å². The van der Waals surface area contributed by atoms with Crippen molar-refractivity contribution in [1.82, 2.24) is 9.78 Å². The molecule has 0 bridgehead atoms. The van der Waals surface area contributed by atoms with Crippen molar-refractivity contribution in [2.24, 2.45) is 13.0 Å². The van der Waals surface area contributed by atoms with Crippen LogP contribution in [0.1, 0.15) is 37.7 Å². The Kier molecular flexibility index (Phi) is 6.08. The van der Waals surface area contributed by atoms with Crippen molar-refractivity contribution in [3.8, 4) is 0 Å². The summed E-state index contributed by atoms with van der Waals surface area (Å²) < 4.78 is 1.73. The van der Waals surface area contributed by atoms with Crippen LogP contribution in [0.25, 0.3) is 0 Å². The molecule has 26 heavy (non-hydrogen) atoms. The molecule has 1 aliphatic carbocycles. The summed E-state index contributed by atoms with van der Waals surface area (Å²) in [5.41, 5.74) is 2.27. The molecule has 2 aromatic rings. The number of carbonyl (C=O) groups is 1. The number of halogens is 1. The second-order valence-corrected chi connectivity index (χ2v) is 7.47. The monoisotopic (exact) mass is 418 g/mol. The van der Waals surface area contributed by atoms with Crippen LogP contribution in [0.3, 0.4) is 0 Å². The van der Waals surface area contributed by atoms with Crippen molar-refractivity contribution in [2.45, 2.75) is 38.6 Å². The summed E-state index contributed by atoms with van der Waals surface area (Å²) in [6.07, 6.45) is 7.09. The topological polar surface area (TPSA) is 76.0 Å². The van der Waals surface area contributed by atoms with Gasteiger partial charge in [-0.2, -0.15) is 5.10 Å². The number of benzene rings is 1. The Hall–Kier alpha value is -2.15. The third-order valence-electron chi connectivity index (χ3n) is 4.73. The standard InChI is InChI=1S/C19H23BrN4O2/c1-24-19(26)17(20)16(12-22-24)21-11-13-6-5-9-15(10-13)23-18(25)14-7-3-2-4-8-14/h5-6,9-10,12,14,21H,2-4,7-8,11H2,1H3,(H,23,25). The number of carbonyl (C=O) groups excluding carboxylic acids is 1. The van der Waals surface area contributed by atoms with Crippen LogP contribution in [0, 0.1) is 5.92 Å². The highest BCUT2D eigenvalue weighted by atomic mass is 79.9. The van der Waals surface area contributed by atoms with Crippen LogP contribution < -0.4 is 16.2 Å². The van der Waals surface area contributed by atoms with Gasteiger partial charge in [-0.3, -0.25) is 9.59 Å². The van der Waals surface area contributed by atoms with E-state index in [1.165, 1.54) is 11.1 Å². The van der Waals surface area contributed by atoms with Gasteiger partial charge in [0.2, 0.25) is 5.91 Å². The van der Waals surface area contributed by atoms with E-state index in [0.717, 1.165) is 36.9 Å². The molecule has 6 nitrogen and oxygen atoms in total. The molecule has 3 rings (SSSR count). The summed E-state index contributed by atoms with van der Waals surface area (Å²) >= 11 is 3.30. The van der Waals surface area contributed by atoms with E-state index >= 15 is 0 Å². The van der Waals surface area contributed by atoms with Crippen molar-refractivity contribution in [3.63, 3.8) is 0 Å². The molecule has 1 aromatic heterocycles. The average molecular weight is 419 g/mol. The lowest BCUT2D eigenvalue weighted by molar-refractivity contribution is -0.120. The average Bonchev–Trinajstić information content (AvgIpc) is 2.66. The van der Waals surface area contributed by atoms with Gasteiger partial charge >= 0.3 is 0 Å². The van der Waals surface area contributed by atoms with Crippen LogP contribution in [-0.4, -0.2) is 15.7 Å². The van der Waals surface area contributed by atoms with E-state index < -0.39 is 0 Å². The Morgan fingerprint density at radius 3 is 2.85 bits per heavy atom. The normalized spacial score (nSPS) is 14.8. The Labute approximate surface area is 161 Å². The second-order valence-electron chi connectivity index (χ2n) is 6.68. The molecule has 138 valence electrons. The number of aryl methyl sites for hydroxylation is 1. The molecule has 1 aliphatic rings. The number of nitrogens with zero attached hydrogens (tertiary/aromatic N) is 2. The quantitative estimate of drug-likeness (QED) is 0.776. The van der Waals surface area contributed by atoms with E-state index in [4.69, 9.17) is 0 Å². The van der Waals surface area contributed by atoms with Crippen molar-refractivity contribution >= 4 is 33.2 Å². The van der Waals surface area contributed by atoms with Gasteiger partial charge in [0, 0.05) is 25.2 Å². The SMILES string of the molecule is Cn1ncc(NCc2cccc(NC(=O)C3CCCCC3)c2)c(Br)c1=O. The minimum absolute atomic E-state index is 0.119. The highest BCUT2D eigenvalue weighted by molar-refractivity contribution is 9.10. The third-order valence-corrected chi connectivity index (χ3v) is 5.50. The van der Waals surface area contributed by atoms with E-state index in [9.17, 15) is 9.59 Å². The second kappa shape index (κ2) is 8.49. The van der Waals surface area contributed by atoms with Crippen molar-refractivity contribution in [2.75, 3.05) is 10.6 Å². The smallest absolute Gasteiger partial charge is 0.282 e. The molecule has 1 aromatic carbocycles. The molecular weight excluding hydrogens is 396 g/mol. The van der Waals surface area contributed by atoms with Crippen molar-refractivity contribution in [3.05, 3.63) is 50.9 Å². The lowest BCUT2D eigenvalue weighted by atomic mass is 9.88. The summed E-state index contributed by atoms with van der Waals surface area (Å²) in [6, 6.07) is 7.76. The Bertz CT molecular complexity index is 844. The molecule has 1 fully saturated rings. The lowest BCUT2D eigenvalue weighted by Gasteiger charge is -2.21. The van der Waals surface area contributed by atoms with Crippen LogP contribution in [0.2, 0.25) is 0 Å². The first kappa shape index (κ1) is 18.6. The summed E-state index contributed by atoms with van der Waals surface area (Å²) in [7, 11) is 1.61. The summed E-state index contributed by atoms with van der Waals surface area (Å²) in [5.74, 6) is 0.251. The Morgan fingerprint density at radius 1 is 1.31 bits per heavy atom. The fourth-order valence-corrected chi connectivity index (χ4v) is 3.70. The lowest BCUT2D eigenvalue weighted by Crippen LogP contribution is -2.24. The maximum absolute atomic E-state index is 12.4. The van der Waals surface area contributed by atoms with Gasteiger partial charge in [-0.05, 0) is 46.5 Å². The molecule has 1 saturated carbocycles. The molecule has 1 heterocycles. The third kappa shape index (κ3) is 4.52. The van der Waals surface area contributed by atoms with Crippen LogP contribution in [0.4, 0.5) is 11.4 Å². The maximum Gasteiger partial charge on any atom is 0.282 e. The number of aromatic nitrogens is 2. The van der Waals surface area contributed by atoms with Crippen LogP contribution in [-0.2, 0) is 18.4 Å². The molecule has 1 amide bonds. The van der Waals surface area contributed by atoms with E-state index in [0.29, 0.717) is 16.7 Å². The van der Waals surface area contributed by atoms with Gasteiger partial charge in [-0.15, -0.1) is 0 Å². The van der Waals surface area contributed by atoms with Crippen LogP contribution in [0.5, 0.6) is 0 Å². The van der Waals surface area contributed by atoms with Gasteiger partial charge in [0.05, 0.1) is 11.9 Å². The van der Waals surface area contributed by atoms with Crippen LogP contribution >= 0.6 is 15.9 Å². The fraction of sp³-hybridized carbons (Fsp3) is 0.421. The number of hydrogen-bond acceptors (Lipinski definition) is 4. The number of anilines is 2. The van der Waals surface area contributed by atoms with E-state index in [-0.39, 0.29) is 17.4 Å². The highest BCUT2D eigenvalue weighted by Gasteiger charge is 2.21. The summed E-state index contributed by atoms with van der Waals surface area (Å²) in [4.78, 5) is 24.3. The Balaban J connectivity index is 1.63. The van der Waals surface area contributed by atoms with Gasteiger partial charge in [0.25, 0.3) is 5.56 Å². The predicted molar refractivity (Wildman–Crippen MR) is 106 cm³/mol. The van der Waals surface area contributed by atoms with Crippen molar-refractivity contribution in [1.29, 1.82) is 0 Å². The zero-order valence-electron chi connectivity index (χ0n) is 14.8. The first-order chi connectivity index (χ1) is 12.5. The first-order valence-corrected chi connectivity index (χ1v) is 9.69. The maximum atomic E-state index is 12.4. The van der Waals surface area contributed by atoms with E-state index in [1.807, 2.05) is 24.3 Å². The first-order valence-electron chi connectivity index (χ1n) is 8.90. The molecule has 0 aliphatic heterocycles. The largest absolute Gasteiger partial charge is 0.379 e. The van der Waals surface area contributed by atoms with Gasteiger partial charge in [0.15, 0.2) is 0 Å². The summed E-state index contributed by atoms with van der Waals surface area (Å²) in [5, 5.41) is 10.3. The number of hydrogen-bond donors (Lipinski definition) is 2. The van der Waals surface area contributed by atoms with Gasteiger partial charge in [0.1, 0.15) is 4.47 Å². The van der Waals surface area contributed by atoms with Crippen molar-refractivity contribution < 1.29 is 4.79 Å². The molecule has 0 radical (unpaired) electrons. The zero-order chi connectivity index (χ0) is 18.5. The predicted octanol–water partition coefficient (Wildman–Crippen LogP) is 3.67. The molecular formula is C19H23BrN4O2. The molecule has 7 heteroatoms. The summed E-state index contributed by atoms with van der Waals surface area (Å²) in [6.45, 7) is 0.528. The fourth-order valence-electron chi connectivity index (χ4n) is 3.20. The molecule has 0 unspecified atom stereocenters. The number of nitrogens with one attached hydrogen (secondary N) is 2. The molecule has 0 spiro atoms. The van der Waals surface area contributed by atoms with Gasteiger partial charge in [-0.25, -0.2) is 4.68 Å². The number of rotatable bonds is 5. The Morgan fingerprint density at radius 2 is 2.08 bits per heavy atom. The zero-order valence-corrected chi connectivity index (χ0v) is 16.4. The molecule has 2 N–H and O–H groups in total. The number of amides is 1. The minimum atomic E-state index is -0.191. The highest BCUT2D eigenvalue weighted by Crippen LogP contribution is 2.25. The van der Waals surface area contributed by atoms with E-state index in [2.05, 4.69) is 31.7 Å². The van der Waals surface area contributed by atoms with Crippen LogP contribution in [0.15, 0.2) is 39.7 Å². The van der Waals surface area contributed by atoms with Gasteiger partial charge in [-0.1, -0.05) is 31.4 Å². The molecule has 0 atom stereocenters.